The standard InChI is InChI=1S/C18H24N4O4/c1-5-10(6-2)19-13-14(17(25)21-16(13)24)20-12-9-7-8-11(15(12)23)18(26)22(3)4/h7-10,23H,5-6H2,1-4H3,(H3,19,20,21,24,25). The Labute approximate surface area is 152 Å². The lowest BCUT2D eigenvalue weighted by atomic mass is 10.1. The van der Waals surface area contributed by atoms with Crippen LogP contribution in [0.4, 0.5) is 5.69 Å². The molecule has 0 bridgehead atoms. The Morgan fingerprint density at radius 1 is 1.15 bits per heavy atom. The van der Waals surface area contributed by atoms with Gasteiger partial charge in [0.25, 0.3) is 17.7 Å². The highest BCUT2D eigenvalue weighted by molar-refractivity contribution is 6.20. The Balaban J connectivity index is 2.40. The maximum Gasteiger partial charge on any atom is 0.276 e. The van der Waals surface area contributed by atoms with Crippen LogP contribution in [0.5, 0.6) is 5.75 Å². The van der Waals surface area contributed by atoms with Crippen molar-refractivity contribution < 1.29 is 19.5 Å². The number of amides is 3. The molecule has 2 rings (SSSR count). The Morgan fingerprint density at radius 3 is 2.35 bits per heavy atom. The molecule has 140 valence electrons. The third kappa shape index (κ3) is 3.79. The van der Waals surface area contributed by atoms with E-state index in [1.54, 1.807) is 20.2 Å². The van der Waals surface area contributed by atoms with Crippen molar-refractivity contribution in [2.24, 2.45) is 0 Å². The summed E-state index contributed by atoms with van der Waals surface area (Å²) < 4.78 is 0. The molecule has 1 heterocycles. The lowest BCUT2D eigenvalue weighted by molar-refractivity contribution is -0.124. The fourth-order valence-corrected chi connectivity index (χ4v) is 2.60. The first-order chi connectivity index (χ1) is 12.3. The first-order valence-corrected chi connectivity index (χ1v) is 8.47. The zero-order chi connectivity index (χ0) is 19.4. The van der Waals surface area contributed by atoms with Crippen LogP contribution in [0.2, 0.25) is 0 Å². The molecule has 26 heavy (non-hydrogen) atoms. The van der Waals surface area contributed by atoms with Crippen molar-refractivity contribution in [2.75, 3.05) is 19.4 Å². The molecule has 1 aromatic rings. The molecule has 0 spiro atoms. The maximum absolute atomic E-state index is 12.1. The number of hydrogen-bond acceptors (Lipinski definition) is 6. The molecule has 1 aliphatic heterocycles. The van der Waals surface area contributed by atoms with E-state index in [2.05, 4.69) is 16.0 Å². The molecule has 0 unspecified atom stereocenters. The van der Waals surface area contributed by atoms with Gasteiger partial charge in [-0.15, -0.1) is 0 Å². The number of benzene rings is 1. The van der Waals surface area contributed by atoms with E-state index < -0.39 is 11.8 Å². The summed E-state index contributed by atoms with van der Waals surface area (Å²) >= 11 is 0. The second-order valence-corrected chi connectivity index (χ2v) is 6.22. The molecule has 0 radical (unpaired) electrons. The van der Waals surface area contributed by atoms with Gasteiger partial charge < -0.3 is 20.6 Å². The summed E-state index contributed by atoms with van der Waals surface area (Å²) in [5.41, 5.74) is 0.417. The number of carbonyl (C=O) groups is 3. The quantitative estimate of drug-likeness (QED) is 0.429. The van der Waals surface area contributed by atoms with E-state index >= 15 is 0 Å². The van der Waals surface area contributed by atoms with Crippen molar-refractivity contribution in [1.29, 1.82) is 0 Å². The maximum atomic E-state index is 12.1. The molecular weight excluding hydrogens is 336 g/mol. The lowest BCUT2D eigenvalue weighted by Crippen LogP contribution is -2.33. The average Bonchev–Trinajstić information content (AvgIpc) is 2.87. The van der Waals surface area contributed by atoms with Gasteiger partial charge in [0.15, 0.2) is 5.75 Å². The highest BCUT2D eigenvalue weighted by atomic mass is 16.3. The second-order valence-electron chi connectivity index (χ2n) is 6.22. The molecule has 8 nitrogen and oxygen atoms in total. The molecule has 0 fully saturated rings. The van der Waals surface area contributed by atoms with Gasteiger partial charge in [0.05, 0.1) is 11.3 Å². The molecule has 0 saturated carbocycles. The topological polar surface area (TPSA) is 111 Å². The number of anilines is 1. The van der Waals surface area contributed by atoms with Crippen LogP contribution in [-0.4, -0.2) is 47.9 Å². The van der Waals surface area contributed by atoms with Crippen LogP contribution in [-0.2, 0) is 9.59 Å². The van der Waals surface area contributed by atoms with Gasteiger partial charge >= 0.3 is 0 Å². The highest BCUT2D eigenvalue weighted by Crippen LogP contribution is 2.30. The van der Waals surface area contributed by atoms with Gasteiger partial charge in [0.2, 0.25) is 0 Å². The van der Waals surface area contributed by atoms with E-state index in [9.17, 15) is 19.5 Å². The number of imide groups is 1. The monoisotopic (exact) mass is 360 g/mol. The molecule has 0 saturated heterocycles. The van der Waals surface area contributed by atoms with Crippen molar-refractivity contribution in [2.45, 2.75) is 32.7 Å². The summed E-state index contributed by atoms with van der Waals surface area (Å²) in [5, 5.41) is 18.5. The van der Waals surface area contributed by atoms with Gasteiger partial charge in [0, 0.05) is 20.1 Å². The van der Waals surface area contributed by atoms with E-state index in [0.717, 1.165) is 12.8 Å². The lowest BCUT2D eigenvalue weighted by Gasteiger charge is -2.18. The second kappa shape index (κ2) is 7.90. The molecule has 8 heteroatoms. The Bertz CT molecular complexity index is 766. The fraction of sp³-hybridized carbons (Fsp3) is 0.389. The van der Waals surface area contributed by atoms with Gasteiger partial charge in [-0.2, -0.15) is 0 Å². The summed E-state index contributed by atoms with van der Waals surface area (Å²) in [6.45, 7) is 3.96. The first-order valence-electron chi connectivity index (χ1n) is 8.47. The van der Waals surface area contributed by atoms with E-state index in [1.807, 2.05) is 13.8 Å². The van der Waals surface area contributed by atoms with Gasteiger partial charge in [-0.3, -0.25) is 19.7 Å². The van der Waals surface area contributed by atoms with Crippen molar-refractivity contribution in [3.63, 3.8) is 0 Å². The number of carbonyl (C=O) groups excluding carboxylic acids is 3. The number of nitrogens with one attached hydrogen (secondary N) is 3. The molecule has 0 aromatic heterocycles. The number of phenolic OH excluding ortho intramolecular Hbond substituents is 1. The van der Waals surface area contributed by atoms with Gasteiger partial charge in [-0.25, -0.2) is 0 Å². The Hall–Kier alpha value is -3.03. The number of hydrogen-bond donors (Lipinski definition) is 4. The van der Waals surface area contributed by atoms with Gasteiger partial charge in [0.1, 0.15) is 11.4 Å². The van der Waals surface area contributed by atoms with E-state index in [1.165, 1.54) is 17.0 Å². The minimum atomic E-state index is -0.591. The fourth-order valence-electron chi connectivity index (χ4n) is 2.60. The Morgan fingerprint density at radius 2 is 1.77 bits per heavy atom. The van der Waals surface area contributed by atoms with Crippen LogP contribution >= 0.6 is 0 Å². The average molecular weight is 360 g/mol. The number of nitrogens with zero attached hydrogens (tertiary/aromatic N) is 1. The third-order valence-corrected chi connectivity index (χ3v) is 4.20. The largest absolute Gasteiger partial charge is 0.505 e. The summed E-state index contributed by atoms with van der Waals surface area (Å²) in [6.07, 6.45) is 1.57. The minimum absolute atomic E-state index is 0.0200. The summed E-state index contributed by atoms with van der Waals surface area (Å²) in [5.74, 6) is -1.77. The molecule has 1 aliphatic rings. The predicted molar refractivity (Wildman–Crippen MR) is 97.4 cm³/mol. The normalized spacial score (nSPS) is 13.9. The summed E-state index contributed by atoms with van der Waals surface area (Å²) in [6, 6.07) is 4.64. The van der Waals surface area contributed by atoms with E-state index in [-0.39, 0.29) is 40.3 Å². The van der Waals surface area contributed by atoms with Crippen molar-refractivity contribution in [3.05, 3.63) is 35.2 Å². The zero-order valence-electron chi connectivity index (χ0n) is 15.3. The van der Waals surface area contributed by atoms with Crippen LogP contribution in [0.25, 0.3) is 0 Å². The SMILES string of the molecule is CCC(CC)NC1=C(Nc2cccc(C(=O)N(C)C)c2O)C(=O)NC1=O. The number of phenols is 1. The number of rotatable bonds is 7. The van der Waals surface area contributed by atoms with Crippen LogP contribution in [0.3, 0.4) is 0 Å². The third-order valence-electron chi connectivity index (χ3n) is 4.20. The highest BCUT2D eigenvalue weighted by Gasteiger charge is 2.32. The molecular formula is C18H24N4O4. The van der Waals surface area contributed by atoms with Crippen LogP contribution in [0.15, 0.2) is 29.6 Å². The van der Waals surface area contributed by atoms with E-state index in [0.29, 0.717) is 0 Å². The van der Waals surface area contributed by atoms with Crippen molar-refractivity contribution in [1.82, 2.24) is 15.5 Å². The van der Waals surface area contributed by atoms with Crippen LogP contribution < -0.4 is 16.0 Å². The molecule has 4 N–H and O–H groups in total. The van der Waals surface area contributed by atoms with Gasteiger partial charge in [-0.1, -0.05) is 19.9 Å². The first kappa shape index (κ1) is 19.3. The molecule has 0 aliphatic carbocycles. The molecule has 3 amide bonds. The number of para-hydroxylation sites is 1. The Kier molecular flexibility index (Phi) is 5.86. The van der Waals surface area contributed by atoms with Crippen molar-refractivity contribution >= 4 is 23.4 Å². The van der Waals surface area contributed by atoms with Crippen LogP contribution in [0.1, 0.15) is 37.0 Å². The zero-order valence-corrected chi connectivity index (χ0v) is 15.3. The van der Waals surface area contributed by atoms with Crippen LogP contribution in [0, 0.1) is 0 Å². The summed E-state index contributed by atoms with van der Waals surface area (Å²) in [4.78, 5) is 37.7. The van der Waals surface area contributed by atoms with Crippen molar-refractivity contribution in [3.8, 4) is 5.75 Å². The summed E-state index contributed by atoms with van der Waals surface area (Å²) in [7, 11) is 3.15. The van der Waals surface area contributed by atoms with E-state index in [4.69, 9.17) is 0 Å². The van der Waals surface area contributed by atoms with Gasteiger partial charge in [-0.05, 0) is 25.0 Å². The smallest absolute Gasteiger partial charge is 0.276 e. The number of aromatic hydroxyl groups is 1. The predicted octanol–water partition coefficient (Wildman–Crippen LogP) is 1.15. The molecule has 0 atom stereocenters. The minimum Gasteiger partial charge on any atom is -0.505 e. The molecule has 1 aromatic carbocycles.